The Morgan fingerprint density at radius 1 is 1.14 bits per heavy atom. The van der Waals surface area contributed by atoms with Crippen LogP contribution in [0.25, 0.3) is 5.69 Å². The highest BCUT2D eigenvalue weighted by Crippen LogP contribution is 2.30. The van der Waals surface area contributed by atoms with Crippen LogP contribution >= 0.6 is 0 Å². The number of tetrazole rings is 1. The van der Waals surface area contributed by atoms with Gasteiger partial charge in [0.15, 0.2) is 18.1 Å². The number of carbonyl (C=O) groups excluding carboxylic acids is 2. The molecule has 0 unspecified atom stereocenters. The van der Waals surface area contributed by atoms with Gasteiger partial charge in [0.2, 0.25) is 0 Å². The van der Waals surface area contributed by atoms with Gasteiger partial charge >= 0.3 is 5.97 Å². The van der Waals surface area contributed by atoms with Crippen LogP contribution in [-0.2, 0) is 9.53 Å². The number of para-hydroxylation sites is 2. The molecule has 0 spiro atoms. The maximum Gasteiger partial charge on any atom is 0.338 e. The number of rotatable bonds is 6. The average Bonchev–Trinajstić information content (AvgIpc) is 3.31. The van der Waals surface area contributed by atoms with Crippen molar-refractivity contribution < 1.29 is 23.8 Å². The lowest BCUT2D eigenvalue weighted by atomic mass is 10.2. The van der Waals surface area contributed by atoms with E-state index in [2.05, 4.69) is 20.8 Å². The second-order valence-corrected chi connectivity index (χ2v) is 6.18. The largest absolute Gasteiger partial charge is 0.486 e. The topological polar surface area (TPSA) is 117 Å². The average molecular weight is 395 g/mol. The second kappa shape index (κ2) is 8.38. The maximum atomic E-state index is 12.1. The van der Waals surface area contributed by atoms with Crippen LogP contribution in [0.2, 0.25) is 0 Å². The molecular weight excluding hydrogens is 378 g/mol. The van der Waals surface area contributed by atoms with Gasteiger partial charge in [0, 0.05) is 0 Å². The molecule has 2 aromatic carbocycles. The first-order valence-corrected chi connectivity index (χ1v) is 8.85. The molecule has 1 aromatic heterocycles. The van der Waals surface area contributed by atoms with Crippen LogP contribution in [0.5, 0.6) is 11.5 Å². The first-order valence-electron chi connectivity index (χ1n) is 8.85. The summed E-state index contributed by atoms with van der Waals surface area (Å²) in [6, 6.07) is 13.8. The predicted molar refractivity (Wildman–Crippen MR) is 98.8 cm³/mol. The van der Waals surface area contributed by atoms with E-state index in [1.165, 1.54) is 11.0 Å². The fraction of sp³-hybridized carbons (Fsp3) is 0.211. The third-order valence-corrected chi connectivity index (χ3v) is 4.15. The Labute approximate surface area is 165 Å². The molecule has 10 heteroatoms. The summed E-state index contributed by atoms with van der Waals surface area (Å²) in [7, 11) is 0. The van der Waals surface area contributed by atoms with Crippen molar-refractivity contribution >= 4 is 11.9 Å². The van der Waals surface area contributed by atoms with Gasteiger partial charge in [-0.2, -0.15) is 0 Å². The Morgan fingerprint density at radius 2 is 1.93 bits per heavy atom. The van der Waals surface area contributed by atoms with Gasteiger partial charge in [-0.05, 0) is 46.8 Å². The summed E-state index contributed by atoms with van der Waals surface area (Å²) in [4.78, 5) is 24.1. The molecule has 0 saturated carbocycles. The minimum atomic E-state index is -0.602. The van der Waals surface area contributed by atoms with Crippen molar-refractivity contribution in [3.05, 3.63) is 60.4 Å². The van der Waals surface area contributed by atoms with E-state index in [9.17, 15) is 9.59 Å². The molecular formula is C19H17N5O5. The molecule has 0 fully saturated rings. The van der Waals surface area contributed by atoms with E-state index in [0.717, 1.165) is 0 Å². The van der Waals surface area contributed by atoms with Crippen LogP contribution in [0, 0.1) is 0 Å². The van der Waals surface area contributed by atoms with Gasteiger partial charge in [0.05, 0.1) is 17.8 Å². The summed E-state index contributed by atoms with van der Waals surface area (Å²) in [6.07, 6.45) is 1.13. The number of amides is 1. The molecule has 4 rings (SSSR count). The quantitative estimate of drug-likeness (QED) is 0.609. The summed E-state index contributed by atoms with van der Waals surface area (Å²) in [6.45, 7) is 0.174. The fourth-order valence-corrected chi connectivity index (χ4v) is 2.69. The van der Waals surface area contributed by atoms with Crippen LogP contribution in [0.3, 0.4) is 0 Å². The van der Waals surface area contributed by atoms with Gasteiger partial charge in [-0.3, -0.25) is 4.79 Å². The van der Waals surface area contributed by atoms with E-state index in [4.69, 9.17) is 14.2 Å². The summed E-state index contributed by atoms with van der Waals surface area (Å²) >= 11 is 0. The molecule has 1 amide bonds. The lowest BCUT2D eigenvalue weighted by molar-refractivity contribution is -0.124. The minimum absolute atomic E-state index is 0.241. The Hall–Kier alpha value is -3.95. The molecule has 2 heterocycles. The number of nitrogens with one attached hydrogen (secondary N) is 1. The molecule has 0 bridgehead atoms. The summed E-state index contributed by atoms with van der Waals surface area (Å²) in [5.41, 5.74) is 1.01. The highest BCUT2D eigenvalue weighted by molar-refractivity contribution is 5.91. The Balaban J connectivity index is 1.22. The van der Waals surface area contributed by atoms with Crippen LogP contribution in [0.1, 0.15) is 10.4 Å². The van der Waals surface area contributed by atoms with Gasteiger partial charge in [-0.25, -0.2) is 9.48 Å². The Morgan fingerprint density at radius 3 is 2.69 bits per heavy atom. The molecule has 1 aliphatic heterocycles. The van der Waals surface area contributed by atoms with Gasteiger partial charge in [0.1, 0.15) is 19.0 Å². The van der Waals surface area contributed by atoms with Gasteiger partial charge in [0.25, 0.3) is 5.91 Å². The number of hydrogen-bond acceptors (Lipinski definition) is 8. The molecule has 1 atom stereocenters. The summed E-state index contributed by atoms with van der Waals surface area (Å²) < 4.78 is 17.8. The van der Waals surface area contributed by atoms with E-state index in [1.54, 1.807) is 30.3 Å². The zero-order valence-corrected chi connectivity index (χ0v) is 15.2. The van der Waals surface area contributed by atoms with E-state index in [1.807, 2.05) is 18.2 Å². The number of ether oxygens (including phenoxy) is 3. The van der Waals surface area contributed by atoms with Crippen molar-refractivity contribution in [1.82, 2.24) is 25.5 Å². The minimum Gasteiger partial charge on any atom is -0.486 e. The molecule has 0 aliphatic carbocycles. The van der Waals surface area contributed by atoms with E-state index < -0.39 is 18.5 Å². The standard InChI is InChI=1S/C19H17N5O5/c25-18(20-9-15-10-27-16-3-1-2-4-17(16)29-15)11-28-19(26)13-5-7-14(8-6-13)24-12-21-22-23-24/h1-8,12,15H,9-11H2,(H,20,25)/t15-/m1/s1. The third kappa shape index (κ3) is 4.49. The van der Waals surface area contributed by atoms with Gasteiger partial charge in [-0.15, -0.1) is 5.10 Å². The van der Waals surface area contributed by atoms with E-state index >= 15 is 0 Å². The number of hydrogen-bond donors (Lipinski definition) is 1. The number of fused-ring (bicyclic) bond motifs is 1. The number of nitrogens with zero attached hydrogens (tertiary/aromatic N) is 4. The number of carbonyl (C=O) groups is 2. The zero-order valence-electron chi connectivity index (χ0n) is 15.2. The van der Waals surface area contributed by atoms with Crippen molar-refractivity contribution in [2.24, 2.45) is 0 Å². The van der Waals surface area contributed by atoms with Gasteiger partial charge < -0.3 is 19.5 Å². The molecule has 0 radical (unpaired) electrons. The molecule has 1 N–H and O–H groups in total. The lowest BCUT2D eigenvalue weighted by Crippen LogP contribution is -2.42. The molecule has 0 saturated heterocycles. The van der Waals surface area contributed by atoms with Crippen molar-refractivity contribution in [2.45, 2.75) is 6.10 Å². The highest BCUT2D eigenvalue weighted by Gasteiger charge is 2.21. The van der Waals surface area contributed by atoms with E-state index in [-0.39, 0.29) is 12.6 Å². The van der Waals surface area contributed by atoms with Crippen LogP contribution < -0.4 is 14.8 Å². The predicted octanol–water partition coefficient (Wildman–Crippen LogP) is 0.775. The zero-order chi connectivity index (χ0) is 20.1. The van der Waals surface area contributed by atoms with Crippen LogP contribution in [0.15, 0.2) is 54.9 Å². The highest BCUT2D eigenvalue weighted by atomic mass is 16.6. The summed E-state index contributed by atoms with van der Waals surface area (Å²) in [5, 5.41) is 13.5. The lowest BCUT2D eigenvalue weighted by Gasteiger charge is -2.26. The Kier molecular flexibility index (Phi) is 5.32. The molecule has 29 heavy (non-hydrogen) atoms. The smallest absolute Gasteiger partial charge is 0.338 e. The van der Waals surface area contributed by atoms with Crippen LogP contribution in [0.4, 0.5) is 0 Å². The second-order valence-electron chi connectivity index (χ2n) is 6.18. The monoisotopic (exact) mass is 395 g/mol. The van der Waals surface area contributed by atoms with Crippen LogP contribution in [-0.4, -0.2) is 57.9 Å². The first-order chi connectivity index (χ1) is 14.2. The van der Waals surface area contributed by atoms with Gasteiger partial charge in [-0.1, -0.05) is 12.1 Å². The molecule has 10 nitrogen and oxygen atoms in total. The maximum absolute atomic E-state index is 12.1. The first kappa shape index (κ1) is 18.4. The van der Waals surface area contributed by atoms with E-state index in [0.29, 0.717) is 29.4 Å². The molecule has 148 valence electrons. The normalized spacial score (nSPS) is 14.8. The van der Waals surface area contributed by atoms with Crippen molar-refractivity contribution in [1.29, 1.82) is 0 Å². The van der Waals surface area contributed by atoms with Crippen molar-refractivity contribution in [3.8, 4) is 17.2 Å². The Bertz CT molecular complexity index is 990. The molecule has 3 aromatic rings. The van der Waals surface area contributed by atoms with Crippen molar-refractivity contribution in [3.63, 3.8) is 0 Å². The third-order valence-electron chi connectivity index (χ3n) is 4.15. The SMILES string of the molecule is O=C(COC(=O)c1ccc(-n2cnnn2)cc1)NC[C@@H]1COc2ccccc2O1. The molecule has 1 aliphatic rings. The van der Waals surface area contributed by atoms with Crippen molar-refractivity contribution in [2.75, 3.05) is 19.8 Å². The summed E-state index contributed by atoms with van der Waals surface area (Å²) in [5.74, 6) is 0.283. The number of benzene rings is 2. The number of esters is 1. The number of aromatic nitrogens is 4. The fourth-order valence-electron chi connectivity index (χ4n) is 2.69.